The van der Waals surface area contributed by atoms with E-state index in [2.05, 4.69) is 187 Å². The molecule has 0 saturated carbocycles. The van der Waals surface area contributed by atoms with E-state index in [1.54, 1.807) is 66.8 Å². The normalized spacial score (nSPS) is 14.6. The van der Waals surface area contributed by atoms with Crippen molar-refractivity contribution in [2.45, 2.75) is 250 Å². The zero-order chi connectivity index (χ0) is 56.1. The van der Waals surface area contributed by atoms with Crippen LogP contribution in [0.1, 0.15) is 268 Å². The molecule has 0 saturated heterocycles. The van der Waals surface area contributed by atoms with Gasteiger partial charge in [0.15, 0.2) is 0 Å². The molecule has 0 radical (unpaired) electrons. The van der Waals surface area contributed by atoms with Crippen molar-refractivity contribution in [2.24, 2.45) is 0 Å². The molecule has 7 aromatic carbocycles. The van der Waals surface area contributed by atoms with Crippen molar-refractivity contribution < 1.29 is 0 Å². The standard InChI is InChI=1S/C81H102/c1-7-13-19-34-53-79(54-35-20-14-8-2)69-52-50-64(61-41-28-25-29-42-61)59-68(69)74-76-73(67-51-49-65(62-43-30-26-31-44-62)60-71(67)81(76,57-38-23-17-11-5)58-39-24-18-12-6)77-75(78(74)79)72-66(63-45-32-27-33-46-63)47-40-48-70(72)80(77,55-36-21-15-9-3)56-37-22-16-10-4/h25-33,40-52,59-60H,7-24,34-39,53-58H2,1-6H3. The van der Waals surface area contributed by atoms with Gasteiger partial charge in [-0.25, -0.2) is 0 Å². The zero-order valence-corrected chi connectivity index (χ0v) is 51.6. The second-order valence-corrected chi connectivity index (χ2v) is 25.7. The highest BCUT2D eigenvalue weighted by atomic mass is 14.6. The Morgan fingerprint density at radius 2 is 0.593 bits per heavy atom. The van der Waals surface area contributed by atoms with Crippen molar-refractivity contribution in [3.63, 3.8) is 0 Å². The van der Waals surface area contributed by atoms with Crippen molar-refractivity contribution in [1.29, 1.82) is 0 Å². The first-order valence-electron chi connectivity index (χ1n) is 33.8. The lowest BCUT2D eigenvalue weighted by molar-refractivity contribution is 0.389. The third-order valence-electron chi connectivity index (χ3n) is 20.4. The second kappa shape index (κ2) is 27.7. The van der Waals surface area contributed by atoms with Gasteiger partial charge in [-0.3, -0.25) is 0 Å². The molecule has 7 aromatic rings. The van der Waals surface area contributed by atoms with E-state index in [0.29, 0.717) is 0 Å². The molecule has 0 heterocycles. The first-order chi connectivity index (χ1) is 40.0. The highest BCUT2D eigenvalue weighted by molar-refractivity contribution is 6.08. The fourth-order valence-corrected chi connectivity index (χ4v) is 16.5. The molecule has 0 bridgehead atoms. The molecule has 0 amide bonds. The Bertz CT molecular complexity index is 3080. The summed E-state index contributed by atoms with van der Waals surface area (Å²) >= 11 is 0. The highest BCUT2D eigenvalue weighted by Gasteiger charge is 2.58. The van der Waals surface area contributed by atoms with Crippen LogP contribution in [-0.2, 0) is 16.2 Å². The predicted molar refractivity (Wildman–Crippen MR) is 354 cm³/mol. The Balaban J connectivity index is 1.44. The minimum Gasteiger partial charge on any atom is -0.0654 e. The molecule has 10 rings (SSSR count). The Kier molecular flexibility index (Phi) is 20.1. The fourth-order valence-electron chi connectivity index (χ4n) is 16.5. The minimum absolute atomic E-state index is 0.119. The average molecular weight is 1080 g/mol. The van der Waals surface area contributed by atoms with Gasteiger partial charge in [-0.1, -0.05) is 329 Å². The van der Waals surface area contributed by atoms with Crippen LogP contribution in [0, 0.1) is 0 Å². The summed E-state index contributed by atoms with van der Waals surface area (Å²) in [4.78, 5) is 0. The third-order valence-corrected chi connectivity index (χ3v) is 20.4. The van der Waals surface area contributed by atoms with Gasteiger partial charge >= 0.3 is 0 Å². The number of hydrogen-bond acceptors (Lipinski definition) is 0. The monoisotopic (exact) mass is 1070 g/mol. The van der Waals surface area contributed by atoms with Crippen molar-refractivity contribution in [2.75, 3.05) is 0 Å². The Hall–Kier alpha value is -5.46. The fraction of sp³-hybridized carbons (Fsp3) is 0.481. The van der Waals surface area contributed by atoms with Gasteiger partial charge in [0.25, 0.3) is 0 Å². The van der Waals surface area contributed by atoms with Crippen LogP contribution in [0.25, 0.3) is 66.8 Å². The Labute approximate surface area is 493 Å². The molecule has 426 valence electrons. The van der Waals surface area contributed by atoms with Gasteiger partial charge in [-0.05, 0) is 151 Å². The predicted octanol–water partition coefficient (Wildman–Crippen LogP) is 25.3. The van der Waals surface area contributed by atoms with Crippen molar-refractivity contribution in [1.82, 2.24) is 0 Å². The van der Waals surface area contributed by atoms with Gasteiger partial charge in [0.1, 0.15) is 0 Å². The molecule has 0 heteroatoms. The second-order valence-electron chi connectivity index (χ2n) is 25.7. The summed E-state index contributed by atoms with van der Waals surface area (Å²) in [7, 11) is 0. The van der Waals surface area contributed by atoms with Gasteiger partial charge in [-0.15, -0.1) is 0 Å². The molecule has 0 atom stereocenters. The lowest BCUT2D eigenvalue weighted by Gasteiger charge is -2.40. The first-order valence-corrected chi connectivity index (χ1v) is 33.8. The molecule has 0 aliphatic heterocycles. The van der Waals surface area contributed by atoms with Gasteiger partial charge in [0.2, 0.25) is 0 Å². The van der Waals surface area contributed by atoms with E-state index in [0.717, 1.165) is 0 Å². The molecular formula is C81H102. The van der Waals surface area contributed by atoms with E-state index in [4.69, 9.17) is 0 Å². The number of fused-ring (bicyclic) bond motifs is 12. The molecule has 3 aliphatic carbocycles. The maximum Gasteiger partial charge on any atom is 0.0221 e. The van der Waals surface area contributed by atoms with E-state index in [9.17, 15) is 0 Å². The Morgan fingerprint density at radius 3 is 1.04 bits per heavy atom. The molecule has 0 nitrogen and oxygen atoms in total. The van der Waals surface area contributed by atoms with Crippen molar-refractivity contribution in [3.05, 3.63) is 179 Å². The van der Waals surface area contributed by atoms with Crippen LogP contribution in [0.3, 0.4) is 0 Å². The van der Waals surface area contributed by atoms with Crippen LogP contribution in [-0.4, -0.2) is 0 Å². The minimum atomic E-state index is -0.135. The van der Waals surface area contributed by atoms with E-state index >= 15 is 0 Å². The number of benzene rings is 7. The Morgan fingerprint density at radius 1 is 0.222 bits per heavy atom. The summed E-state index contributed by atoms with van der Waals surface area (Å²) < 4.78 is 0. The molecular weight excluding hydrogens is 973 g/mol. The molecule has 0 spiro atoms. The molecule has 0 aromatic heterocycles. The summed E-state index contributed by atoms with van der Waals surface area (Å²) in [5, 5.41) is 0. The largest absolute Gasteiger partial charge is 0.0654 e. The number of unbranched alkanes of at least 4 members (excludes halogenated alkanes) is 18. The lowest BCUT2D eigenvalue weighted by atomic mass is 9.63. The quantitative estimate of drug-likeness (QED) is 0.0360. The van der Waals surface area contributed by atoms with Crippen LogP contribution in [0.15, 0.2) is 146 Å². The van der Waals surface area contributed by atoms with Gasteiger partial charge < -0.3 is 0 Å². The summed E-state index contributed by atoms with van der Waals surface area (Å²) in [6.45, 7) is 14.5. The van der Waals surface area contributed by atoms with Gasteiger partial charge in [-0.2, -0.15) is 0 Å². The van der Waals surface area contributed by atoms with Crippen LogP contribution in [0.5, 0.6) is 0 Å². The van der Waals surface area contributed by atoms with Gasteiger partial charge in [0, 0.05) is 16.2 Å². The van der Waals surface area contributed by atoms with Crippen LogP contribution < -0.4 is 0 Å². The van der Waals surface area contributed by atoms with Crippen LogP contribution in [0.4, 0.5) is 0 Å². The maximum absolute atomic E-state index is 2.78. The lowest BCUT2D eigenvalue weighted by Crippen LogP contribution is -2.31. The van der Waals surface area contributed by atoms with Crippen LogP contribution >= 0.6 is 0 Å². The maximum atomic E-state index is 2.78. The van der Waals surface area contributed by atoms with E-state index in [1.165, 1.54) is 226 Å². The highest BCUT2D eigenvalue weighted by Crippen LogP contribution is 2.72. The molecule has 3 aliphatic rings. The average Bonchev–Trinajstić information content (AvgIpc) is 1.79. The van der Waals surface area contributed by atoms with E-state index < -0.39 is 0 Å². The molecule has 0 N–H and O–H groups in total. The smallest absolute Gasteiger partial charge is 0.0221 e. The summed E-state index contributed by atoms with van der Waals surface area (Å²) in [5.74, 6) is 0. The van der Waals surface area contributed by atoms with E-state index in [-0.39, 0.29) is 16.2 Å². The zero-order valence-electron chi connectivity index (χ0n) is 51.6. The summed E-state index contributed by atoms with van der Waals surface area (Å²) in [5.41, 5.74) is 27.9. The van der Waals surface area contributed by atoms with Crippen molar-refractivity contribution in [3.8, 4) is 66.8 Å². The third kappa shape index (κ3) is 11.5. The van der Waals surface area contributed by atoms with Gasteiger partial charge in [0.05, 0.1) is 0 Å². The number of rotatable bonds is 33. The summed E-state index contributed by atoms with van der Waals surface area (Å²) in [6.07, 6.45) is 38.0. The topological polar surface area (TPSA) is 0 Å². The van der Waals surface area contributed by atoms with Crippen molar-refractivity contribution >= 4 is 0 Å². The SMILES string of the molecule is CCCCCCC1(CCCCCC)c2cc(-c3ccccc3)ccc2-c2c1c1c(c3c2C(CCCCCC)(CCCCCC)c2cccc(-c4ccccc4)c2-3)C(CCCCCC)(CCCCCC)c2ccc(-c3ccccc3)cc2-1. The van der Waals surface area contributed by atoms with E-state index in [1.807, 2.05) is 0 Å². The molecule has 0 unspecified atom stereocenters. The summed E-state index contributed by atoms with van der Waals surface area (Å²) in [6, 6.07) is 58.4. The molecule has 0 fully saturated rings. The number of hydrogen-bond donors (Lipinski definition) is 0. The first kappa shape index (κ1) is 58.7. The molecule has 81 heavy (non-hydrogen) atoms. The van der Waals surface area contributed by atoms with Crippen LogP contribution in [0.2, 0.25) is 0 Å².